The van der Waals surface area contributed by atoms with Gasteiger partial charge in [-0.2, -0.15) is 5.26 Å². The molecule has 1 atom stereocenters. The van der Waals surface area contributed by atoms with Crippen LogP contribution in [-0.4, -0.2) is 18.7 Å². The van der Waals surface area contributed by atoms with Gasteiger partial charge in [0.1, 0.15) is 11.8 Å². The van der Waals surface area contributed by atoms with E-state index in [1.807, 2.05) is 12.1 Å². The van der Waals surface area contributed by atoms with Crippen molar-refractivity contribution >= 4 is 5.97 Å². The number of hydrogen-bond acceptors (Lipinski definition) is 4. The Labute approximate surface area is 101 Å². The molecule has 0 fully saturated rings. The Morgan fingerprint density at radius 2 is 2.18 bits per heavy atom. The van der Waals surface area contributed by atoms with Crippen LogP contribution >= 0.6 is 0 Å². The molecular formula is C13H15NO3. The highest BCUT2D eigenvalue weighted by Crippen LogP contribution is 2.20. The van der Waals surface area contributed by atoms with E-state index in [9.17, 15) is 4.79 Å². The van der Waals surface area contributed by atoms with E-state index in [0.29, 0.717) is 12.4 Å². The van der Waals surface area contributed by atoms with Gasteiger partial charge in [0, 0.05) is 5.56 Å². The van der Waals surface area contributed by atoms with Gasteiger partial charge in [0.05, 0.1) is 13.0 Å². The van der Waals surface area contributed by atoms with Gasteiger partial charge < -0.3 is 9.47 Å². The van der Waals surface area contributed by atoms with Crippen molar-refractivity contribution in [3.63, 3.8) is 0 Å². The molecule has 0 spiro atoms. The lowest BCUT2D eigenvalue weighted by Crippen LogP contribution is -2.12. The van der Waals surface area contributed by atoms with Crippen LogP contribution in [0.3, 0.4) is 0 Å². The van der Waals surface area contributed by atoms with Gasteiger partial charge in [-0.1, -0.05) is 18.2 Å². The lowest BCUT2D eigenvalue weighted by Gasteiger charge is -2.12. The zero-order valence-corrected chi connectivity index (χ0v) is 9.97. The van der Waals surface area contributed by atoms with Gasteiger partial charge in [-0.15, -0.1) is 0 Å². The van der Waals surface area contributed by atoms with Crippen molar-refractivity contribution in [1.29, 1.82) is 5.26 Å². The molecule has 1 unspecified atom stereocenters. The third kappa shape index (κ3) is 4.15. The van der Waals surface area contributed by atoms with Crippen LogP contribution in [0.15, 0.2) is 24.3 Å². The zero-order chi connectivity index (χ0) is 12.7. The molecule has 0 aliphatic rings. The lowest BCUT2D eigenvalue weighted by molar-refractivity contribution is -0.142. The van der Waals surface area contributed by atoms with Crippen molar-refractivity contribution in [2.45, 2.75) is 26.4 Å². The first-order chi connectivity index (χ1) is 8.17. The number of hydrogen-bond donors (Lipinski definition) is 0. The number of para-hydroxylation sites is 1. The molecule has 0 heterocycles. The largest absolute Gasteiger partial charge is 0.476 e. The van der Waals surface area contributed by atoms with Crippen LogP contribution in [0.2, 0.25) is 0 Å². The second kappa shape index (κ2) is 6.54. The summed E-state index contributed by atoms with van der Waals surface area (Å²) < 4.78 is 10.3. The van der Waals surface area contributed by atoms with Crippen LogP contribution in [0.4, 0.5) is 0 Å². The smallest absolute Gasteiger partial charge is 0.310 e. The van der Waals surface area contributed by atoms with E-state index >= 15 is 0 Å². The third-order valence-electron chi connectivity index (χ3n) is 2.10. The molecule has 0 N–H and O–H groups in total. The number of nitrogens with zero attached hydrogens (tertiary/aromatic N) is 1. The first-order valence-electron chi connectivity index (χ1n) is 5.47. The van der Waals surface area contributed by atoms with E-state index in [1.54, 1.807) is 32.0 Å². The van der Waals surface area contributed by atoms with E-state index < -0.39 is 6.10 Å². The number of ether oxygens (including phenoxy) is 2. The predicted octanol–water partition coefficient (Wildman–Crippen LogP) is 2.08. The topological polar surface area (TPSA) is 59.3 Å². The molecule has 4 nitrogen and oxygen atoms in total. The summed E-state index contributed by atoms with van der Waals surface area (Å²) in [5.74, 6) is 0.253. The molecular weight excluding hydrogens is 218 g/mol. The van der Waals surface area contributed by atoms with Crippen LogP contribution < -0.4 is 4.74 Å². The Morgan fingerprint density at radius 3 is 2.82 bits per heavy atom. The van der Waals surface area contributed by atoms with Gasteiger partial charge in [-0.3, -0.25) is 4.79 Å². The van der Waals surface area contributed by atoms with E-state index in [-0.39, 0.29) is 12.4 Å². The summed E-state index contributed by atoms with van der Waals surface area (Å²) in [6, 6.07) is 9.12. The van der Waals surface area contributed by atoms with Crippen LogP contribution in [-0.2, 0) is 16.0 Å². The maximum absolute atomic E-state index is 11.4. The second-order valence-corrected chi connectivity index (χ2v) is 3.48. The molecule has 0 saturated carbocycles. The van der Waals surface area contributed by atoms with E-state index in [4.69, 9.17) is 14.7 Å². The molecule has 1 aromatic carbocycles. The number of nitriles is 1. The van der Waals surface area contributed by atoms with Crippen LogP contribution in [0.5, 0.6) is 5.75 Å². The van der Waals surface area contributed by atoms with Crippen molar-refractivity contribution in [1.82, 2.24) is 0 Å². The van der Waals surface area contributed by atoms with Gasteiger partial charge >= 0.3 is 5.97 Å². The summed E-state index contributed by atoms with van der Waals surface area (Å²) in [6.45, 7) is 3.77. The average molecular weight is 233 g/mol. The maximum atomic E-state index is 11.4. The van der Waals surface area contributed by atoms with E-state index in [2.05, 4.69) is 0 Å². The fourth-order valence-corrected chi connectivity index (χ4v) is 1.35. The predicted molar refractivity (Wildman–Crippen MR) is 62.5 cm³/mol. The molecule has 1 aromatic rings. The number of carbonyl (C=O) groups excluding carboxylic acids is 1. The molecule has 0 bridgehead atoms. The highest BCUT2D eigenvalue weighted by Gasteiger charge is 2.11. The van der Waals surface area contributed by atoms with Gasteiger partial charge in [-0.05, 0) is 19.9 Å². The molecule has 1 rings (SSSR count). The van der Waals surface area contributed by atoms with Crippen molar-refractivity contribution in [2.75, 3.05) is 6.61 Å². The first-order valence-corrected chi connectivity index (χ1v) is 5.47. The van der Waals surface area contributed by atoms with Crippen molar-refractivity contribution < 1.29 is 14.3 Å². The minimum Gasteiger partial charge on any atom is -0.476 e. The zero-order valence-electron chi connectivity index (χ0n) is 9.97. The van der Waals surface area contributed by atoms with Crippen LogP contribution in [0.25, 0.3) is 0 Å². The molecule has 0 aromatic heterocycles. The molecule has 0 aliphatic heterocycles. The minimum atomic E-state index is -0.543. The third-order valence-corrected chi connectivity index (χ3v) is 2.10. The van der Waals surface area contributed by atoms with Crippen molar-refractivity contribution in [2.24, 2.45) is 0 Å². The molecule has 90 valence electrons. The summed E-state index contributed by atoms with van der Waals surface area (Å²) in [4.78, 5) is 11.4. The monoisotopic (exact) mass is 233 g/mol. The first kappa shape index (κ1) is 13.0. The quantitative estimate of drug-likeness (QED) is 0.730. The number of rotatable bonds is 5. The highest BCUT2D eigenvalue weighted by molar-refractivity contribution is 5.73. The number of carbonyl (C=O) groups is 1. The molecule has 4 heteroatoms. The Balaban J connectivity index is 2.78. The van der Waals surface area contributed by atoms with Crippen LogP contribution in [0, 0.1) is 11.3 Å². The van der Waals surface area contributed by atoms with Crippen molar-refractivity contribution in [3.05, 3.63) is 29.8 Å². The molecule has 0 saturated heterocycles. The Hall–Kier alpha value is -2.02. The van der Waals surface area contributed by atoms with Crippen molar-refractivity contribution in [3.8, 4) is 11.8 Å². The summed E-state index contributed by atoms with van der Waals surface area (Å²) in [5.41, 5.74) is 0.730. The fraction of sp³-hybridized carbons (Fsp3) is 0.385. The Kier molecular flexibility index (Phi) is 5.02. The number of benzene rings is 1. The summed E-state index contributed by atoms with van der Waals surface area (Å²) in [5, 5.41) is 8.69. The summed E-state index contributed by atoms with van der Waals surface area (Å²) in [6.07, 6.45) is -0.388. The minimum absolute atomic E-state index is 0.155. The van der Waals surface area contributed by atoms with Gasteiger partial charge in [0.25, 0.3) is 0 Å². The normalized spacial score (nSPS) is 11.4. The average Bonchev–Trinajstić information content (AvgIpc) is 2.31. The van der Waals surface area contributed by atoms with E-state index in [0.717, 1.165) is 5.56 Å². The maximum Gasteiger partial charge on any atom is 0.310 e. The van der Waals surface area contributed by atoms with Crippen LogP contribution in [0.1, 0.15) is 19.4 Å². The standard InChI is InChI=1S/C13H15NO3/c1-3-16-13(15)8-11-6-4-5-7-12(11)17-10(2)9-14/h4-7,10H,3,8H2,1-2H3. The van der Waals surface area contributed by atoms with Gasteiger partial charge in [0.2, 0.25) is 0 Å². The Bertz CT molecular complexity index is 423. The number of esters is 1. The van der Waals surface area contributed by atoms with Gasteiger partial charge in [0.15, 0.2) is 6.10 Å². The second-order valence-electron chi connectivity index (χ2n) is 3.48. The Morgan fingerprint density at radius 1 is 1.47 bits per heavy atom. The molecule has 0 aliphatic carbocycles. The van der Waals surface area contributed by atoms with E-state index in [1.165, 1.54) is 0 Å². The SMILES string of the molecule is CCOC(=O)Cc1ccccc1OC(C)C#N. The fourth-order valence-electron chi connectivity index (χ4n) is 1.35. The summed E-state index contributed by atoms with van der Waals surface area (Å²) >= 11 is 0. The lowest BCUT2D eigenvalue weighted by atomic mass is 10.1. The van der Waals surface area contributed by atoms with Gasteiger partial charge in [-0.25, -0.2) is 0 Å². The molecule has 17 heavy (non-hydrogen) atoms. The highest BCUT2D eigenvalue weighted by atomic mass is 16.5. The molecule has 0 amide bonds. The summed E-state index contributed by atoms with van der Waals surface area (Å²) in [7, 11) is 0. The molecule has 0 radical (unpaired) electrons.